The van der Waals surface area contributed by atoms with Gasteiger partial charge in [0, 0.05) is 39.3 Å². The second-order valence-electron chi connectivity index (χ2n) is 6.12. The first-order valence-electron chi connectivity index (χ1n) is 8.81. The van der Waals surface area contributed by atoms with E-state index in [1.165, 1.54) is 0 Å². The minimum atomic E-state index is 0.668. The van der Waals surface area contributed by atoms with Crippen molar-refractivity contribution in [2.75, 3.05) is 52.5 Å². The molecule has 3 rings (SSSR count). The van der Waals surface area contributed by atoms with Crippen LogP contribution in [0, 0.1) is 0 Å². The second kappa shape index (κ2) is 9.66. The predicted molar refractivity (Wildman–Crippen MR) is 102 cm³/mol. The number of benzene rings is 2. The van der Waals surface area contributed by atoms with E-state index in [1.54, 1.807) is 0 Å². The summed E-state index contributed by atoms with van der Waals surface area (Å²) in [5.74, 6) is 1.71. The zero-order valence-electron chi connectivity index (χ0n) is 14.4. The van der Waals surface area contributed by atoms with Crippen LogP contribution >= 0.6 is 11.6 Å². The van der Waals surface area contributed by atoms with Crippen molar-refractivity contribution in [1.82, 2.24) is 9.80 Å². The molecule has 0 radical (unpaired) electrons. The summed E-state index contributed by atoms with van der Waals surface area (Å²) in [6, 6.07) is 17.6. The summed E-state index contributed by atoms with van der Waals surface area (Å²) >= 11 is 6.10. The van der Waals surface area contributed by atoms with Crippen LogP contribution < -0.4 is 9.47 Å². The smallest absolute Gasteiger partial charge is 0.137 e. The van der Waals surface area contributed by atoms with Crippen molar-refractivity contribution in [2.45, 2.75) is 0 Å². The van der Waals surface area contributed by atoms with E-state index in [-0.39, 0.29) is 0 Å². The van der Waals surface area contributed by atoms with E-state index in [9.17, 15) is 0 Å². The number of para-hydroxylation sites is 2. The zero-order valence-corrected chi connectivity index (χ0v) is 15.2. The number of rotatable bonds is 8. The van der Waals surface area contributed by atoms with Crippen LogP contribution in [0.25, 0.3) is 0 Å². The second-order valence-corrected chi connectivity index (χ2v) is 6.53. The summed E-state index contributed by atoms with van der Waals surface area (Å²) in [7, 11) is 0. The number of piperazine rings is 1. The van der Waals surface area contributed by atoms with Crippen LogP contribution in [0.4, 0.5) is 0 Å². The molecule has 5 heteroatoms. The molecule has 0 spiro atoms. The molecule has 1 aliphatic heterocycles. The molecule has 1 fully saturated rings. The molecule has 1 heterocycles. The van der Waals surface area contributed by atoms with E-state index in [2.05, 4.69) is 9.80 Å². The van der Waals surface area contributed by atoms with E-state index in [4.69, 9.17) is 21.1 Å². The van der Waals surface area contributed by atoms with E-state index >= 15 is 0 Å². The first-order valence-corrected chi connectivity index (χ1v) is 9.19. The Labute approximate surface area is 154 Å². The Balaban J connectivity index is 1.29. The summed E-state index contributed by atoms with van der Waals surface area (Å²) in [6.07, 6.45) is 0. The number of halogens is 1. The van der Waals surface area contributed by atoms with Gasteiger partial charge in [0.15, 0.2) is 0 Å². The average Bonchev–Trinajstić information content (AvgIpc) is 2.65. The van der Waals surface area contributed by atoms with Gasteiger partial charge in [-0.3, -0.25) is 9.80 Å². The minimum Gasteiger partial charge on any atom is -0.492 e. The largest absolute Gasteiger partial charge is 0.492 e. The highest BCUT2D eigenvalue weighted by molar-refractivity contribution is 6.32. The third kappa shape index (κ3) is 5.92. The number of hydrogen-bond acceptors (Lipinski definition) is 4. The molecular formula is C20H25ClN2O2. The Morgan fingerprint density at radius 2 is 1.28 bits per heavy atom. The molecule has 0 aromatic heterocycles. The van der Waals surface area contributed by atoms with Crippen molar-refractivity contribution in [1.29, 1.82) is 0 Å². The predicted octanol–water partition coefficient (Wildman–Crippen LogP) is 3.42. The zero-order chi connectivity index (χ0) is 17.3. The molecule has 134 valence electrons. The van der Waals surface area contributed by atoms with Crippen molar-refractivity contribution in [3.8, 4) is 11.5 Å². The molecule has 0 unspecified atom stereocenters. The maximum Gasteiger partial charge on any atom is 0.137 e. The van der Waals surface area contributed by atoms with Crippen molar-refractivity contribution in [3.63, 3.8) is 0 Å². The minimum absolute atomic E-state index is 0.668. The third-order valence-electron chi connectivity index (χ3n) is 4.39. The number of hydrogen-bond donors (Lipinski definition) is 0. The lowest BCUT2D eigenvalue weighted by Gasteiger charge is -2.34. The number of nitrogens with zero attached hydrogens (tertiary/aromatic N) is 2. The van der Waals surface area contributed by atoms with Gasteiger partial charge in [-0.1, -0.05) is 41.9 Å². The maximum absolute atomic E-state index is 6.10. The van der Waals surface area contributed by atoms with Crippen LogP contribution in [-0.4, -0.2) is 62.3 Å². The average molecular weight is 361 g/mol. The fourth-order valence-corrected chi connectivity index (χ4v) is 3.08. The lowest BCUT2D eigenvalue weighted by Crippen LogP contribution is -2.48. The molecule has 1 aliphatic rings. The molecular weight excluding hydrogens is 336 g/mol. The normalized spacial score (nSPS) is 15.9. The summed E-state index contributed by atoms with van der Waals surface area (Å²) in [4.78, 5) is 4.89. The molecule has 1 saturated heterocycles. The molecule has 2 aromatic rings. The Morgan fingerprint density at radius 1 is 0.720 bits per heavy atom. The van der Waals surface area contributed by atoms with Crippen LogP contribution in [0.5, 0.6) is 11.5 Å². The van der Waals surface area contributed by atoms with Crippen molar-refractivity contribution in [2.24, 2.45) is 0 Å². The molecule has 0 saturated carbocycles. The quantitative estimate of drug-likeness (QED) is 0.720. The lowest BCUT2D eigenvalue weighted by atomic mass is 10.3. The fourth-order valence-electron chi connectivity index (χ4n) is 2.89. The van der Waals surface area contributed by atoms with Gasteiger partial charge >= 0.3 is 0 Å². The van der Waals surface area contributed by atoms with Gasteiger partial charge in [-0.25, -0.2) is 0 Å². The van der Waals surface area contributed by atoms with Crippen molar-refractivity contribution >= 4 is 11.6 Å². The van der Waals surface area contributed by atoms with Gasteiger partial charge in [0.2, 0.25) is 0 Å². The van der Waals surface area contributed by atoms with E-state index < -0.39 is 0 Å². The molecule has 0 N–H and O–H groups in total. The highest BCUT2D eigenvalue weighted by atomic mass is 35.5. The van der Waals surface area contributed by atoms with Gasteiger partial charge in [0.05, 0.1) is 5.02 Å². The highest BCUT2D eigenvalue weighted by Crippen LogP contribution is 2.22. The Kier molecular flexibility index (Phi) is 6.98. The standard InChI is InChI=1S/C20H25ClN2O2/c21-19-8-4-5-9-20(19)25-17-15-23-12-10-22(11-13-23)14-16-24-18-6-2-1-3-7-18/h1-9H,10-17H2. The van der Waals surface area contributed by atoms with Gasteiger partial charge in [-0.05, 0) is 24.3 Å². The Morgan fingerprint density at radius 3 is 1.92 bits per heavy atom. The van der Waals surface area contributed by atoms with Crippen molar-refractivity contribution < 1.29 is 9.47 Å². The molecule has 0 bridgehead atoms. The lowest BCUT2D eigenvalue weighted by molar-refractivity contribution is 0.105. The Bertz CT molecular complexity index is 631. The molecule has 4 nitrogen and oxygen atoms in total. The number of ether oxygens (including phenoxy) is 2. The molecule has 0 aliphatic carbocycles. The van der Waals surface area contributed by atoms with E-state index in [1.807, 2.05) is 54.6 Å². The van der Waals surface area contributed by atoms with Gasteiger partial charge in [0.25, 0.3) is 0 Å². The van der Waals surface area contributed by atoms with Gasteiger partial charge in [-0.2, -0.15) is 0 Å². The van der Waals surface area contributed by atoms with E-state index in [0.717, 1.165) is 57.4 Å². The highest BCUT2D eigenvalue weighted by Gasteiger charge is 2.16. The summed E-state index contributed by atoms with van der Waals surface area (Å²) in [6.45, 7) is 7.59. The van der Waals surface area contributed by atoms with Gasteiger partial charge < -0.3 is 9.47 Å². The molecule has 2 aromatic carbocycles. The fraction of sp³-hybridized carbons (Fsp3) is 0.400. The van der Waals surface area contributed by atoms with Crippen LogP contribution in [0.1, 0.15) is 0 Å². The molecule has 0 atom stereocenters. The Hall–Kier alpha value is -1.75. The maximum atomic E-state index is 6.10. The van der Waals surface area contributed by atoms with Crippen LogP contribution in [0.3, 0.4) is 0 Å². The SMILES string of the molecule is Clc1ccccc1OCCN1CCN(CCOc2ccccc2)CC1. The van der Waals surface area contributed by atoms with Crippen LogP contribution in [0.15, 0.2) is 54.6 Å². The van der Waals surface area contributed by atoms with Crippen LogP contribution in [-0.2, 0) is 0 Å². The molecule has 25 heavy (non-hydrogen) atoms. The van der Waals surface area contributed by atoms with Crippen LogP contribution in [0.2, 0.25) is 5.02 Å². The van der Waals surface area contributed by atoms with Crippen molar-refractivity contribution in [3.05, 3.63) is 59.6 Å². The monoisotopic (exact) mass is 360 g/mol. The molecule has 0 amide bonds. The van der Waals surface area contributed by atoms with Gasteiger partial charge in [0.1, 0.15) is 24.7 Å². The third-order valence-corrected chi connectivity index (χ3v) is 4.70. The first-order chi connectivity index (χ1) is 12.3. The van der Waals surface area contributed by atoms with Gasteiger partial charge in [-0.15, -0.1) is 0 Å². The first kappa shape index (κ1) is 18.1. The summed E-state index contributed by atoms with van der Waals surface area (Å²) in [5, 5.41) is 0.672. The topological polar surface area (TPSA) is 24.9 Å². The van der Waals surface area contributed by atoms with E-state index in [0.29, 0.717) is 11.6 Å². The summed E-state index contributed by atoms with van der Waals surface area (Å²) < 4.78 is 11.5. The summed E-state index contributed by atoms with van der Waals surface area (Å²) in [5.41, 5.74) is 0.